The maximum absolute atomic E-state index is 11.5. The van der Waals surface area contributed by atoms with Gasteiger partial charge >= 0.3 is 11.9 Å². The summed E-state index contributed by atoms with van der Waals surface area (Å²) in [7, 11) is 0. The number of aromatic nitrogens is 1. The minimum absolute atomic E-state index is 0.0388. The summed E-state index contributed by atoms with van der Waals surface area (Å²) in [5, 5.41) is 19.0. The number of nitrogens with one attached hydrogen (secondary N) is 1. The molecule has 3 N–H and O–H groups in total. The lowest BCUT2D eigenvalue weighted by Gasteiger charge is -2.09. The van der Waals surface area contributed by atoms with E-state index in [1.54, 1.807) is 13.0 Å². The number of pyridine rings is 1. The summed E-state index contributed by atoms with van der Waals surface area (Å²) in [4.78, 5) is 36.3. The SMILES string of the molecule is Cc1ccc(C(=O)NC(C(=O)O)C(=O)O)nc1. The summed E-state index contributed by atoms with van der Waals surface area (Å²) in [6, 6.07) is 1.01. The van der Waals surface area contributed by atoms with E-state index < -0.39 is 23.9 Å². The minimum Gasteiger partial charge on any atom is -0.479 e. The molecule has 0 spiro atoms. The number of nitrogens with zero attached hydrogens (tertiary/aromatic N) is 1. The molecule has 0 saturated carbocycles. The number of carboxylic acid groups (broad SMARTS) is 2. The molecular formula is C10H10N2O5. The third kappa shape index (κ3) is 3.26. The zero-order valence-corrected chi connectivity index (χ0v) is 8.88. The normalized spacial score (nSPS) is 10.0. The van der Waals surface area contributed by atoms with E-state index in [4.69, 9.17) is 10.2 Å². The van der Waals surface area contributed by atoms with Gasteiger partial charge in [0.05, 0.1) is 0 Å². The van der Waals surface area contributed by atoms with Crippen molar-refractivity contribution in [3.8, 4) is 0 Å². The second-order valence-corrected chi connectivity index (χ2v) is 3.30. The number of aliphatic carboxylic acids is 2. The van der Waals surface area contributed by atoms with E-state index in [0.29, 0.717) is 0 Å². The highest BCUT2D eigenvalue weighted by Gasteiger charge is 2.28. The Morgan fingerprint density at radius 2 is 1.82 bits per heavy atom. The third-order valence-corrected chi connectivity index (χ3v) is 1.91. The van der Waals surface area contributed by atoms with Gasteiger partial charge in [0.25, 0.3) is 5.91 Å². The Morgan fingerprint density at radius 3 is 2.24 bits per heavy atom. The van der Waals surface area contributed by atoms with Crippen molar-refractivity contribution in [2.24, 2.45) is 0 Å². The maximum atomic E-state index is 11.5. The van der Waals surface area contributed by atoms with Crippen LogP contribution in [0.3, 0.4) is 0 Å². The van der Waals surface area contributed by atoms with Gasteiger partial charge in [0.15, 0.2) is 0 Å². The highest BCUT2D eigenvalue weighted by atomic mass is 16.4. The summed E-state index contributed by atoms with van der Waals surface area (Å²) in [5.41, 5.74) is 0.790. The van der Waals surface area contributed by atoms with Gasteiger partial charge in [-0.1, -0.05) is 6.07 Å². The Bertz CT molecular complexity index is 440. The Labute approximate surface area is 96.1 Å². The van der Waals surface area contributed by atoms with E-state index in [9.17, 15) is 14.4 Å². The van der Waals surface area contributed by atoms with Crippen LogP contribution in [0.2, 0.25) is 0 Å². The maximum Gasteiger partial charge on any atom is 0.338 e. The van der Waals surface area contributed by atoms with Gasteiger partial charge in [0.1, 0.15) is 5.69 Å². The summed E-state index contributed by atoms with van der Waals surface area (Å²) in [6.45, 7) is 1.77. The molecule has 1 rings (SSSR count). The molecule has 0 fully saturated rings. The zero-order valence-electron chi connectivity index (χ0n) is 8.88. The van der Waals surface area contributed by atoms with E-state index in [1.165, 1.54) is 12.3 Å². The average Bonchev–Trinajstić information content (AvgIpc) is 2.25. The Morgan fingerprint density at radius 1 is 1.24 bits per heavy atom. The molecule has 7 nitrogen and oxygen atoms in total. The zero-order chi connectivity index (χ0) is 13.0. The van der Waals surface area contributed by atoms with Crippen molar-refractivity contribution in [1.82, 2.24) is 10.3 Å². The Hall–Kier alpha value is -2.44. The number of carbonyl (C=O) groups is 3. The van der Waals surface area contributed by atoms with Crippen molar-refractivity contribution in [3.05, 3.63) is 29.6 Å². The number of carbonyl (C=O) groups excluding carboxylic acids is 1. The fourth-order valence-corrected chi connectivity index (χ4v) is 1.04. The summed E-state index contributed by atoms with van der Waals surface area (Å²) >= 11 is 0. The largest absolute Gasteiger partial charge is 0.479 e. The molecule has 0 radical (unpaired) electrons. The number of carboxylic acids is 2. The molecule has 1 amide bonds. The lowest BCUT2D eigenvalue weighted by atomic mass is 10.2. The highest BCUT2D eigenvalue weighted by molar-refractivity contribution is 6.03. The summed E-state index contributed by atoms with van der Waals surface area (Å²) in [5.74, 6) is -4.13. The first-order valence-corrected chi connectivity index (χ1v) is 4.61. The monoisotopic (exact) mass is 238 g/mol. The average molecular weight is 238 g/mol. The van der Waals surface area contributed by atoms with Gasteiger partial charge in [-0.05, 0) is 18.6 Å². The van der Waals surface area contributed by atoms with Crippen LogP contribution in [0.1, 0.15) is 16.1 Å². The second kappa shape index (κ2) is 5.06. The van der Waals surface area contributed by atoms with Crippen LogP contribution < -0.4 is 5.32 Å². The van der Waals surface area contributed by atoms with Crippen molar-refractivity contribution >= 4 is 17.8 Å². The Balaban J connectivity index is 2.81. The van der Waals surface area contributed by atoms with Crippen LogP contribution in [0.4, 0.5) is 0 Å². The molecular weight excluding hydrogens is 228 g/mol. The van der Waals surface area contributed by atoms with Crippen LogP contribution in [0.5, 0.6) is 0 Å². The molecule has 17 heavy (non-hydrogen) atoms. The predicted octanol–water partition coefficient (Wildman–Crippen LogP) is -0.342. The van der Waals surface area contributed by atoms with Crippen LogP contribution in [0, 0.1) is 6.92 Å². The molecule has 0 bridgehead atoms. The number of hydrogen-bond donors (Lipinski definition) is 3. The summed E-state index contributed by atoms with van der Waals surface area (Å²) < 4.78 is 0. The summed E-state index contributed by atoms with van der Waals surface area (Å²) in [6.07, 6.45) is 1.42. The highest BCUT2D eigenvalue weighted by Crippen LogP contribution is 1.99. The quantitative estimate of drug-likeness (QED) is 0.618. The van der Waals surface area contributed by atoms with Crippen molar-refractivity contribution in [1.29, 1.82) is 0 Å². The van der Waals surface area contributed by atoms with E-state index in [1.807, 2.05) is 5.32 Å². The molecule has 0 aliphatic rings. The van der Waals surface area contributed by atoms with Gasteiger partial charge in [-0.15, -0.1) is 0 Å². The number of amides is 1. The van der Waals surface area contributed by atoms with Gasteiger partial charge in [-0.25, -0.2) is 9.59 Å². The van der Waals surface area contributed by atoms with Crippen molar-refractivity contribution in [2.45, 2.75) is 13.0 Å². The van der Waals surface area contributed by atoms with E-state index in [2.05, 4.69) is 4.98 Å². The molecule has 0 atom stereocenters. The standard InChI is InChI=1S/C10H10N2O5/c1-5-2-3-6(11-4-5)8(13)12-7(9(14)15)10(16)17/h2-4,7H,1H3,(H,12,13)(H,14,15)(H,16,17). The van der Waals surface area contributed by atoms with Crippen molar-refractivity contribution in [3.63, 3.8) is 0 Å². The lowest BCUT2D eigenvalue weighted by molar-refractivity contribution is -0.150. The molecule has 0 saturated heterocycles. The smallest absolute Gasteiger partial charge is 0.338 e. The van der Waals surface area contributed by atoms with E-state index in [0.717, 1.165) is 5.56 Å². The predicted molar refractivity (Wildman–Crippen MR) is 55.5 cm³/mol. The fourth-order valence-electron chi connectivity index (χ4n) is 1.04. The minimum atomic E-state index is -1.98. The molecule has 7 heteroatoms. The van der Waals surface area contributed by atoms with Crippen LogP contribution in [0.25, 0.3) is 0 Å². The third-order valence-electron chi connectivity index (χ3n) is 1.91. The van der Waals surface area contributed by atoms with Crippen LogP contribution in [-0.4, -0.2) is 39.1 Å². The van der Waals surface area contributed by atoms with E-state index in [-0.39, 0.29) is 5.69 Å². The lowest BCUT2D eigenvalue weighted by Crippen LogP contribution is -2.46. The molecule has 0 aliphatic carbocycles. The van der Waals surface area contributed by atoms with E-state index >= 15 is 0 Å². The first-order valence-electron chi connectivity index (χ1n) is 4.61. The molecule has 0 unspecified atom stereocenters. The van der Waals surface area contributed by atoms with Gasteiger partial charge in [-0.2, -0.15) is 0 Å². The van der Waals surface area contributed by atoms with Crippen LogP contribution in [0.15, 0.2) is 18.3 Å². The van der Waals surface area contributed by atoms with Gasteiger partial charge in [0, 0.05) is 6.20 Å². The molecule has 1 aromatic heterocycles. The topological polar surface area (TPSA) is 117 Å². The Kier molecular flexibility index (Phi) is 3.76. The van der Waals surface area contributed by atoms with Crippen molar-refractivity contribution in [2.75, 3.05) is 0 Å². The first-order chi connectivity index (χ1) is 7.91. The van der Waals surface area contributed by atoms with Gasteiger partial charge in [-0.3, -0.25) is 9.78 Å². The molecule has 90 valence electrons. The molecule has 1 heterocycles. The molecule has 0 aromatic carbocycles. The first kappa shape index (κ1) is 12.6. The van der Waals surface area contributed by atoms with Crippen LogP contribution >= 0.6 is 0 Å². The van der Waals surface area contributed by atoms with Gasteiger partial charge < -0.3 is 15.5 Å². The number of hydrogen-bond acceptors (Lipinski definition) is 4. The van der Waals surface area contributed by atoms with Crippen molar-refractivity contribution < 1.29 is 24.6 Å². The van der Waals surface area contributed by atoms with Crippen LogP contribution in [-0.2, 0) is 9.59 Å². The number of rotatable bonds is 4. The molecule has 1 aromatic rings. The number of aryl methyl sites for hydroxylation is 1. The second-order valence-electron chi connectivity index (χ2n) is 3.30. The molecule has 0 aliphatic heterocycles. The van der Waals surface area contributed by atoms with Gasteiger partial charge in [0.2, 0.25) is 6.04 Å². The fraction of sp³-hybridized carbons (Fsp3) is 0.200.